The van der Waals surface area contributed by atoms with Crippen molar-refractivity contribution in [3.8, 4) is 0 Å². The fraction of sp³-hybridized carbons (Fsp3) is 1.00. The number of aliphatic hydroxyl groups is 1. The number of hydrogen-bond donors (Lipinski definition) is 2. The van der Waals surface area contributed by atoms with Crippen LogP contribution in [0.5, 0.6) is 0 Å². The van der Waals surface area contributed by atoms with E-state index in [0.717, 1.165) is 50.4 Å². The Morgan fingerprint density at radius 1 is 1.12 bits per heavy atom. The van der Waals surface area contributed by atoms with Crippen molar-refractivity contribution in [3.63, 3.8) is 0 Å². The Hall–Kier alpha value is -0.120. The summed E-state index contributed by atoms with van der Waals surface area (Å²) in [5.41, 5.74) is 5.40. The van der Waals surface area contributed by atoms with Gasteiger partial charge in [-0.25, -0.2) is 0 Å². The van der Waals surface area contributed by atoms with Crippen molar-refractivity contribution in [2.45, 2.75) is 63.5 Å². The molecule has 3 heteroatoms. The molecule has 2 aliphatic rings. The van der Waals surface area contributed by atoms with Crippen LogP contribution >= 0.6 is 0 Å². The molecule has 1 aliphatic carbocycles. The Morgan fingerprint density at radius 2 is 1.65 bits per heavy atom. The number of hydrogen-bond acceptors (Lipinski definition) is 3. The summed E-state index contributed by atoms with van der Waals surface area (Å²) in [5.74, 6) is 1.49. The Kier molecular flexibility index (Phi) is 3.81. The van der Waals surface area contributed by atoms with Crippen LogP contribution in [-0.2, 0) is 4.74 Å². The third kappa shape index (κ3) is 2.51. The maximum absolute atomic E-state index is 10.9. The Bertz CT molecular complexity index is 251. The minimum atomic E-state index is -0.651. The van der Waals surface area contributed by atoms with Crippen LogP contribution in [0.25, 0.3) is 0 Å². The third-order valence-electron chi connectivity index (χ3n) is 5.11. The van der Waals surface area contributed by atoms with Gasteiger partial charge in [-0.2, -0.15) is 0 Å². The molecule has 17 heavy (non-hydrogen) atoms. The first-order chi connectivity index (χ1) is 7.97. The summed E-state index contributed by atoms with van der Waals surface area (Å²) in [6.07, 6.45) is 5.58. The normalized spacial score (nSPS) is 38.3. The maximum atomic E-state index is 10.9. The van der Waals surface area contributed by atoms with Crippen molar-refractivity contribution in [1.29, 1.82) is 0 Å². The highest BCUT2D eigenvalue weighted by Crippen LogP contribution is 2.43. The largest absolute Gasteiger partial charge is 0.388 e. The van der Waals surface area contributed by atoms with Gasteiger partial charge >= 0.3 is 0 Å². The second kappa shape index (κ2) is 4.87. The van der Waals surface area contributed by atoms with E-state index in [1.165, 1.54) is 0 Å². The van der Waals surface area contributed by atoms with E-state index in [0.29, 0.717) is 13.2 Å². The van der Waals surface area contributed by atoms with Crippen LogP contribution in [0.3, 0.4) is 0 Å². The second-order valence-electron chi connectivity index (χ2n) is 6.38. The SMILES string of the molecule is CC(C)C1CCC(O)(C2(N)CCOCC2)CC1. The summed E-state index contributed by atoms with van der Waals surface area (Å²) in [5, 5.41) is 10.9. The highest BCUT2D eigenvalue weighted by Gasteiger charge is 2.49. The monoisotopic (exact) mass is 241 g/mol. The zero-order chi connectivity index (χ0) is 12.5. The molecule has 0 bridgehead atoms. The molecule has 0 radical (unpaired) electrons. The van der Waals surface area contributed by atoms with Gasteiger partial charge in [0.15, 0.2) is 0 Å². The lowest BCUT2D eigenvalue weighted by Gasteiger charge is -2.50. The molecule has 0 spiro atoms. The van der Waals surface area contributed by atoms with Crippen molar-refractivity contribution in [1.82, 2.24) is 0 Å². The molecule has 0 unspecified atom stereocenters. The molecule has 0 aromatic rings. The molecular formula is C14H27NO2. The zero-order valence-corrected chi connectivity index (χ0v) is 11.2. The summed E-state index contributed by atoms with van der Waals surface area (Å²) < 4.78 is 5.37. The van der Waals surface area contributed by atoms with E-state index in [2.05, 4.69) is 13.8 Å². The summed E-state index contributed by atoms with van der Waals surface area (Å²) in [4.78, 5) is 0. The van der Waals surface area contributed by atoms with Gasteiger partial charge in [-0.15, -0.1) is 0 Å². The fourth-order valence-corrected chi connectivity index (χ4v) is 3.48. The van der Waals surface area contributed by atoms with Gasteiger partial charge in [0.1, 0.15) is 0 Å². The topological polar surface area (TPSA) is 55.5 Å². The molecule has 100 valence electrons. The Balaban J connectivity index is 2.00. The first-order valence-corrected chi connectivity index (χ1v) is 7.06. The molecule has 2 rings (SSSR count). The van der Waals surface area contributed by atoms with E-state index in [4.69, 9.17) is 10.5 Å². The van der Waals surface area contributed by atoms with Gasteiger partial charge in [0.2, 0.25) is 0 Å². The average Bonchev–Trinajstić information content (AvgIpc) is 2.30. The Labute approximate surface area is 105 Å². The van der Waals surface area contributed by atoms with Crippen LogP contribution in [0.2, 0.25) is 0 Å². The van der Waals surface area contributed by atoms with Gasteiger partial charge in [0, 0.05) is 18.8 Å². The molecule has 1 saturated carbocycles. The van der Waals surface area contributed by atoms with E-state index >= 15 is 0 Å². The lowest BCUT2D eigenvalue weighted by Crippen LogP contribution is -2.64. The summed E-state index contributed by atoms with van der Waals surface area (Å²) >= 11 is 0. The lowest BCUT2D eigenvalue weighted by atomic mass is 9.64. The van der Waals surface area contributed by atoms with Crippen LogP contribution in [0.1, 0.15) is 52.4 Å². The van der Waals surface area contributed by atoms with Gasteiger partial charge in [-0.05, 0) is 50.4 Å². The van der Waals surface area contributed by atoms with Crippen LogP contribution in [-0.4, -0.2) is 29.5 Å². The zero-order valence-electron chi connectivity index (χ0n) is 11.2. The van der Waals surface area contributed by atoms with Crippen molar-refractivity contribution in [2.24, 2.45) is 17.6 Å². The van der Waals surface area contributed by atoms with E-state index in [9.17, 15) is 5.11 Å². The second-order valence-corrected chi connectivity index (χ2v) is 6.38. The highest BCUT2D eigenvalue weighted by molar-refractivity contribution is 5.06. The first-order valence-electron chi connectivity index (χ1n) is 7.06. The molecule has 3 N–H and O–H groups in total. The molecule has 1 saturated heterocycles. The van der Waals surface area contributed by atoms with E-state index < -0.39 is 11.1 Å². The molecule has 2 fully saturated rings. The molecule has 0 aromatic heterocycles. The van der Waals surface area contributed by atoms with E-state index in [-0.39, 0.29) is 0 Å². The van der Waals surface area contributed by atoms with Gasteiger partial charge in [0.25, 0.3) is 0 Å². The van der Waals surface area contributed by atoms with Crippen molar-refractivity contribution in [3.05, 3.63) is 0 Å². The van der Waals surface area contributed by atoms with Crippen LogP contribution in [0.15, 0.2) is 0 Å². The molecule has 0 atom stereocenters. The molecule has 1 heterocycles. The lowest BCUT2D eigenvalue weighted by molar-refractivity contribution is -0.111. The fourth-order valence-electron chi connectivity index (χ4n) is 3.48. The molecule has 1 aliphatic heterocycles. The predicted octanol–water partition coefficient (Wildman–Crippen LogP) is 2.07. The van der Waals surface area contributed by atoms with E-state index in [1.807, 2.05) is 0 Å². The third-order valence-corrected chi connectivity index (χ3v) is 5.11. The minimum absolute atomic E-state index is 0.410. The van der Waals surface area contributed by atoms with Gasteiger partial charge in [-0.1, -0.05) is 13.8 Å². The number of rotatable bonds is 2. The molecule has 0 amide bonds. The van der Waals surface area contributed by atoms with Crippen molar-refractivity contribution < 1.29 is 9.84 Å². The maximum Gasteiger partial charge on any atom is 0.0828 e. The van der Waals surface area contributed by atoms with Gasteiger partial charge < -0.3 is 15.6 Å². The predicted molar refractivity (Wildman–Crippen MR) is 68.7 cm³/mol. The smallest absolute Gasteiger partial charge is 0.0828 e. The van der Waals surface area contributed by atoms with Gasteiger partial charge in [-0.3, -0.25) is 0 Å². The standard InChI is InChI=1S/C14H27NO2/c1-11(2)12-3-5-14(16,6-4-12)13(15)7-9-17-10-8-13/h11-12,16H,3-10,15H2,1-2H3. The summed E-state index contributed by atoms with van der Waals surface area (Å²) in [6, 6.07) is 0. The Morgan fingerprint density at radius 3 is 2.12 bits per heavy atom. The van der Waals surface area contributed by atoms with Crippen LogP contribution in [0, 0.1) is 11.8 Å². The molecule has 3 nitrogen and oxygen atoms in total. The first kappa shape index (κ1) is 13.3. The van der Waals surface area contributed by atoms with Gasteiger partial charge in [0.05, 0.1) is 5.60 Å². The summed E-state index contributed by atoms with van der Waals surface area (Å²) in [7, 11) is 0. The number of nitrogens with two attached hydrogens (primary N) is 1. The van der Waals surface area contributed by atoms with Crippen molar-refractivity contribution >= 4 is 0 Å². The van der Waals surface area contributed by atoms with Crippen LogP contribution in [0.4, 0.5) is 0 Å². The number of ether oxygens (including phenoxy) is 1. The quantitative estimate of drug-likeness (QED) is 0.778. The van der Waals surface area contributed by atoms with E-state index in [1.54, 1.807) is 0 Å². The average molecular weight is 241 g/mol. The summed E-state index contributed by atoms with van der Waals surface area (Å²) in [6.45, 7) is 5.96. The highest BCUT2D eigenvalue weighted by atomic mass is 16.5. The van der Waals surface area contributed by atoms with Crippen molar-refractivity contribution in [2.75, 3.05) is 13.2 Å². The minimum Gasteiger partial charge on any atom is -0.388 e. The molecule has 0 aromatic carbocycles. The molecular weight excluding hydrogens is 214 g/mol. The van der Waals surface area contributed by atoms with Crippen LogP contribution < -0.4 is 5.73 Å².